The van der Waals surface area contributed by atoms with Crippen LogP contribution in [-0.2, 0) is 47.9 Å². The predicted octanol–water partition coefficient (Wildman–Crippen LogP) is 1.42. The molecule has 0 bridgehead atoms. The van der Waals surface area contributed by atoms with Crippen molar-refractivity contribution in [2.75, 3.05) is 47.1 Å². The Morgan fingerprint density at radius 2 is 1.67 bits per heavy atom. The highest BCUT2D eigenvalue weighted by Gasteiger charge is 2.22. The summed E-state index contributed by atoms with van der Waals surface area (Å²) in [5.41, 5.74) is 5.72. The number of hydrogen-bond acceptors (Lipinski definition) is 9. The minimum Gasteiger partial charge on any atom is -0.481 e. The molecule has 15 nitrogen and oxygen atoms in total. The van der Waals surface area contributed by atoms with Crippen LogP contribution in [0.15, 0.2) is 54.6 Å². The van der Waals surface area contributed by atoms with Crippen molar-refractivity contribution in [2.24, 2.45) is 0 Å². The number of para-hydroxylation sites is 1. The van der Waals surface area contributed by atoms with Crippen molar-refractivity contribution in [3.8, 4) is 5.75 Å². The van der Waals surface area contributed by atoms with E-state index in [0.29, 0.717) is 18.7 Å². The molecule has 2 aromatic carbocycles. The van der Waals surface area contributed by atoms with Crippen LogP contribution in [0.3, 0.4) is 0 Å². The van der Waals surface area contributed by atoms with Gasteiger partial charge in [-0.1, -0.05) is 30.3 Å². The molecule has 3 aromatic rings. The van der Waals surface area contributed by atoms with Gasteiger partial charge >= 0.3 is 13.8 Å². The fourth-order valence-corrected chi connectivity index (χ4v) is 4.98. The van der Waals surface area contributed by atoms with Crippen LogP contribution >= 0.6 is 7.82 Å². The van der Waals surface area contributed by atoms with Gasteiger partial charge in [0.2, 0.25) is 11.8 Å². The Labute approximate surface area is 267 Å². The van der Waals surface area contributed by atoms with Gasteiger partial charge in [0.1, 0.15) is 11.8 Å². The predicted molar refractivity (Wildman–Crippen MR) is 169 cm³/mol. The summed E-state index contributed by atoms with van der Waals surface area (Å²) in [6.07, 6.45) is 0.120. The number of carbonyl (C=O) groups excluding carboxylic acids is 2. The number of carboxylic acid groups (broad SMARTS) is 1. The summed E-state index contributed by atoms with van der Waals surface area (Å²) in [7, 11) is -0.976. The van der Waals surface area contributed by atoms with Gasteiger partial charge in [-0.25, -0.2) is 9.57 Å². The molecule has 0 radical (unpaired) electrons. The summed E-state index contributed by atoms with van der Waals surface area (Å²) in [5, 5.41) is 17.2. The largest absolute Gasteiger partial charge is 0.524 e. The van der Waals surface area contributed by atoms with Gasteiger partial charge in [-0.2, -0.15) is 0 Å². The van der Waals surface area contributed by atoms with E-state index >= 15 is 0 Å². The molecular formula is C30H42N5O10P. The van der Waals surface area contributed by atoms with E-state index in [1.165, 1.54) is 12.1 Å². The quantitative estimate of drug-likeness (QED) is 0.0545. The molecule has 3 rings (SSSR count). The van der Waals surface area contributed by atoms with Crippen molar-refractivity contribution < 1.29 is 47.8 Å². The average Bonchev–Trinajstić information content (AvgIpc) is 3.35. The first kappa shape index (κ1) is 36.6. The van der Waals surface area contributed by atoms with E-state index in [2.05, 4.69) is 31.2 Å². The van der Waals surface area contributed by atoms with Crippen molar-refractivity contribution in [1.82, 2.24) is 25.6 Å². The third-order valence-corrected chi connectivity index (χ3v) is 7.31. The van der Waals surface area contributed by atoms with Gasteiger partial charge in [-0.3, -0.25) is 29.6 Å². The molecule has 0 saturated heterocycles. The molecule has 2 amide bonds. The molecule has 0 unspecified atom stereocenters. The van der Waals surface area contributed by atoms with Crippen molar-refractivity contribution in [3.05, 3.63) is 65.9 Å². The lowest BCUT2D eigenvalue weighted by molar-refractivity contribution is -0.138. The van der Waals surface area contributed by atoms with Gasteiger partial charge in [0.05, 0.1) is 39.4 Å². The number of phosphoric ester groups is 1. The van der Waals surface area contributed by atoms with Gasteiger partial charge in [0.15, 0.2) is 0 Å². The number of hydrazine groups is 1. The Morgan fingerprint density at radius 3 is 2.35 bits per heavy atom. The van der Waals surface area contributed by atoms with Crippen LogP contribution in [0.2, 0.25) is 0 Å². The first-order valence-electron chi connectivity index (χ1n) is 14.7. The van der Waals surface area contributed by atoms with Gasteiger partial charge in [-0.15, -0.1) is 0 Å². The van der Waals surface area contributed by atoms with Gasteiger partial charge < -0.3 is 34.3 Å². The molecule has 0 fully saturated rings. The molecular weight excluding hydrogens is 621 g/mol. The molecule has 0 spiro atoms. The van der Waals surface area contributed by atoms with Crippen molar-refractivity contribution >= 4 is 36.5 Å². The molecule has 6 N–H and O–H groups in total. The maximum absolute atomic E-state index is 13.2. The second-order valence-electron chi connectivity index (χ2n) is 10.4. The SMILES string of the molecule is CNN(C)Cc1cc2ccccc2n1CCC(=O)N[C@@H](Cc1ccc(OP(=O)(O)O)cc1)C(=O)NCCOCCOCCC(=O)O. The monoisotopic (exact) mass is 663 g/mol. The van der Waals surface area contributed by atoms with E-state index in [4.69, 9.17) is 24.4 Å². The Morgan fingerprint density at radius 1 is 0.978 bits per heavy atom. The molecule has 46 heavy (non-hydrogen) atoms. The third kappa shape index (κ3) is 12.9. The minimum absolute atomic E-state index is 0.0371. The number of benzene rings is 2. The topological polar surface area (TPSA) is 201 Å². The highest BCUT2D eigenvalue weighted by molar-refractivity contribution is 7.46. The van der Waals surface area contributed by atoms with Crippen molar-refractivity contribution in [2.45, 2.75) is 38.4 Å². The van der Waals surface area contributed by atoms with Gasteiger partial charge in [-0.05, 0) is 42.3 Å². The molecule has 252 valence electrons. The number of ether oxygens (including phenoxy) is 2. The van der Waals surface area contributed by atoms with Crippen LogP contribution in [0.1, 0.15) is 24.1 Å². The normalized spacial score (nSPS) is 12.3. The van der Waals surface area contributed by atoms with Crippen LogP contribution in [0.25, 0.3) is 10.9 Å². The number of phosphoric acid groups is 1. The van der Waals surface area contributed by atoms with E-state index in [1.807, 2.05) is 43.4 Å². The molecule has 0 aliphatic rings. The lowest BCUT2D eigenvalue weighted by Crippen LogP contribution is -2.48. The highest BCUT2D eigenvalue weighted by Crippen LogP contribution is 2.37. The molecule has 0 saturated carbocycles. The number of carbonyl (C=O) groups is 3. The fourth-order valence-electron chi connectivity index (χ4n) is 4.58. The number of carboxylic acids is 1. The maximum Gasteiger partial charge on any atom is 0.524 e. The summed E-state index contributed by atoms with van der Waals surface area (Å²) in [6, 6.07) is 14.9. The van der Waals surface area contributed by atoms with Crippen molar-refractivity contribution in [1.29, 1.82) is 0 Å². The zero-order valence-corrected chi connectivity index (χ0v) is 26.8. The molecule has 0 aliphatic carbocycles. The summed E-state index contributed by atoms with van der Waals surface area (Å²) in [6.45, 7) is 1.84. The van der Waals surface area contributed by atoms with Crippen LogP contribution < -0.4 is 20.6 Å². The molecule has 0 aliphatic heterocycles. The minimum atomic E-state index is -4.73. The molecule has 1 aromatic heterocycles. The Hall–Kier alpha value is -3.82. The lowest BCUT2D eigenvalue weighted by atomic mass is 10.0. The summed E-state index contributed by atoms with van der Waals surface area (Å²) < 4.78 is 28.4. The fraction of sp³-hybridized carbons (Fsp3) is 0.433. The van der Waals surface area contributed by atoms with E-state index in [9.17, 15) is 18.9 Å². The number of aliphatic carboxylic acids is 1. The smallest absolute Gasteiger partial charge is 0.481 e. The lowest BCUT2D eigenvalue weighted by Gasteiger charge is -2.20. The van der Waals surface area contributed by atoms with E-state index in [0.717, 1.165) is 16.6 Å². The van der Waals surface area contributed by atoms with Gasteiger partial charge in [0, 0.05) is 44.2 Å². The second-order valence-corrected chi connectivity index (χ2v) is 11.5. The standard InChI is InChI=1S/C30H42N5O10P/c1-31-34(2)21-24-20-23-5-3-4-6-27(23)35(24)14-11-28(36)33-26(19-22-7-9-25(10-8-22)45-46(40,41)42)30(39)32-13-16-44-18-17-43-15-12-29(37)38/h3-10,20,26,31H,11-19,21H2,1-2H3,(H,32,39)(H,33,36)(H,37,38)(H2,40,41,42)/t26-/m0/s1. The van der Waals surface area contributed by atoms with Crippen LogP contribution in [0, 0.1) is 0 Å². The Kier molecular flexibility index (Phi) is 14.6. The average molecular weight is 664 g/mol. The van der Waals surface area contributed by atoms with Crippen LogP contribution in [0.5, 0.6) is 5.75 Å². The zero-order chi connectivity index (χ0) is 33.5. The number of rotatable bonds is 21. The van der Waals surface area contributed by atoms with E-state index in [1.54, 1.807) is 12.1 Å². The molecule has 1 atom stereocenters. The Bertz CT molecular complexity index is 1480. The maximum atomic E-state index is 13.2. The van der Waals surface area contributed by atoms with Crippen LogP contribution in [-0.4, -0.2) is 95.4 Å². The van der Waals surface area contributed by atoms with Gasteiger partial charge in [0.25, 0.3) is 0 Å². The van der Waals surface area contributed by atoms with Crippen LogP contribution in [0.4, 0.5) is 0 Å². The summed E-state index contributed by atoms with van der Waals surface area (Å²) in [5.74, 6) is -1.75. The first-order chi connectivity index (χ1) is 21.9. The number of fused-ring (bicyclic) bond motifs is 1. The number of amides is 2. The van der Waals surface area contributed by atoms with Crippen molar-refractivity contribution in [3.63, 3.8) is 0 Å². The zero-order valence-electron chi connectivity index (χ0n) is 25.9. The first-order valence-corrected chi connectivity index (χ1v) is 16.2. The summed E-state index contributed by atoms with van der Waals surface area (Å²) >= 11 is 0. The number of nitrogens with one attached hydrogen (secondary N) is 3. The second kappa shape index (κ2) is 18.4. The molecule has 1 heterocycles. The molecule has 16 heteroatoms. The third-order valence-electron chi connectivity index (χ3n) is 6.86. The number of hydrogen-bond donors (Lipinski definition) is 6. The number of aryl methyl sites for hydroxylation is 1. The Balaban J connectivity index is 1.62. The number of nitrogens with zero attached hydrogens (tertiary/aromatic N) is 2. The summed E-state index contributed by atoms with van der Waals surface area (Å²) in [4.78, 5) is 55.0. The van der Waals surface area contributed by atoms with E-state index < -0.39 is 25.7 Å². The van der Waals surface area contributed by atoms with E-state index in [-0.39, 0.29) is 63.9 Å². The highest BCUT2D eigenvalue weighted by atomic mass is 31.2. The number of aromatic nitrogens is 1.